The predicted octanol–water partition coefficient (Wildman–Crippen LogP) is 12.0. The van der Waals surface area contributed by atoms with Crippen molar-refractivity contribution in [2.75, 3.05) is 9.80 Å². The van der Waals surface area contributed by atoms with Gasteiger partial charge in [0.15, 0.2) is 0 Å². The molecule has 0 bridgehead atoms. The summed E-state index contributed by atoms with van der Waals surface area (Å²) < 4.78 is 43.8. The highest BCUT2D eigenvalue weighted by molar-refractivity contribution is 8.00. The van der Waals surface area contributed by atoms with E-state index < -0.39 is 5.51 Å². The molecule has 9 aromatic carbocycles. The summed E-state index contributed by atoms with van der Waals surface area (Å²) in [6.45, 7) is -0.253. The lowest BCUT2D eigenvalue weighted by atomic mass is 9.33. The second-order valence-corrected chi connectivity index (χ2v) is 15.1. The first kappa shape index (κ1) is 31.4. The van der Waals surface area contributed by atoms with Crippen LogP contribution in [0.4, 0.5) is 47.3 Å². The molecule has 2 nitrogen and oxygen atoms in total. The Kier molecular flexibility index (Phi) is 6.77. The molecule has 0 amide bonds. The fourth-order valence-electron chi connectivity index (χ4n) is 8.99. The van der Waals surface area contributed by atoms with Crippen LogP contribution in [-0.4, -0.2) is 12.2 Å². The van der Waals surface area contributed by atoms with E-state index in [-0.39, 0.29) is 23.4 Å². The van der Waals surface area contributed by atoms with Gasteiger partial charge in [-0.05, 0) is 74.0 Å². The van der Waals surface area contributed by atoms with Crippen LogP contribution >= 0.6 is 11.8 Å². The second-order valence-electron chi connectivity index (χ2n) is 14.0. The van der Waals surface area contributed by atoms with Gasteiger partial charge in [-0.3, -0.25) is 0 Å². The minimum atomic E-state index is -4.49. The second kappa shape index (κ2) is 11.7. The molecule has 0 saturated carbocycles. The van der Waals surface area contributed by atoms with Gasteiger partial charge in [0.05, 0.1) is 11.4 Å². The molecule has 54 heavy (non-hydrogen) atoms. The van der Waals surface area contributed by atoms with Crippen molar-refractivity contribution in [1.82, 2.24) is 0 Å². The summed E-state index contributed by atoms with van der Waals surface area (Å²) in [5.41, 5.74) is 4.01. The van der Waals surface area contributed by atoms with Crippen LogP contribution in [0.2, 0.25) is 0 Å². The number of hydrogen-bond donors (Lipinski definition) is 0. The average Bonchev–Trinajstić information content (AvgIpc) is 3.19. The zero-order chi connectivity index (χ0) is 36.1. The lowest BCUT2D eigenvalue weighted by molar-refractivity contribution is -0.0328. The fraction of sp³-hybridized carbons (Fsp3) is 0.0213. The third kappa shape index (κ3) is 4.64. The average molecular weight is 721 g/mol. The Morgan fingerprint density at radius 3 is 1.24 bits per heavy atom. The van der Waals surface area contributed by atoms with Crippen LogP contribution in [0.1, 0.15) is 0 Å². The van der Waals surface area contributed by atoms with Crippen molar-refractivity contribution in [3.05, 3.63) is 170 Å². The van der Waals surface area contributed by atoms with Gasteiger partial charge in [0.2, 0.25) is 0 Å². The first-order chi connectivity index (χ1) is 26.4. The number of fused-ring (bicyclic) bond motifs is 10. The summed E-state index contributed by atoms with van der Waals surface area (Å²) >= 11 is -0.0534. The van der Waals surface area contributed by atoms with E-state index in [4.69, 9.17) is 0 Å². The van der Waals surface area contributed by atoms with Gasteiger partial charge in [0.25, 0.3) is 6.71 Å². The fourth-order valence-corrected chi connectivity index (χ4v) is 9.60. The summed E-state index contributed by atoms with van der Waals surface area (Å²) in [7, 11) is 0. The lowest BCUT2D eigenvalue weighted by Gasteiger charge is -2.45. The van der Waals surface area contributed by atoms with Crippen molar-refractivity contribution in [2.24, 2.45) is 0 Å². The summed E-state index contributed by atoms with van der Waals surface area (Å²) in [6.07, 6.45) is 0. The quantitative estimate of drug-likeness (QED) is 0.133. The maximum Gasteiger partial charge on any atom is 0.446 e. The Bertz CT molecular complexity index is 2810. The smallest absolute Gasteiger partial charge is 0.310 e. The Morgan fingerprint density at radius 2 is 0.796 bits per heavy atom. The number of alkyl halides is 3. The van der Waals surface area contributed by atoms with Gasteiger partial charge in [0, 0.05) is 49.2 Å². The van der Waals surface area contributed by atoms with E-state index in [0.29, 0.717) is 0 Å². The van der Waals surface area contributed by atoms with Gasteiger partial charge >= 0.3 is 5.51 Å². The Morgan fingerprint density at radius 1 is 0.407 bits per heavy atom. The molecular weight excluding hydrogens is 692 g/mol. The minimum absolute atomic E-state index is 0.0534. The van der Waals surface area contributed by atoms with E-state index in [1.807, 2.05) is 60.7 Å². The van der Waals surface area contributed by atoms with Crippen molar-refractivity contribution in [3.63, 3.8) is 0 Å². The van der Waals surface area contributed by atoms with Crippen LogP contribution in [0.5, 0.6) is 0 Å². The largest absolute Gasteiger partial charge is 0.446 e. The van der Waals surface area contributed by atoms with E-state index in [0.717, 1.165) is 93.6 Å². The number of hydrogen-bond acceptors (Lipinski definition) is 3. The number of nitrogens with zero attached hydrogens (tertiary/aromatic N) is 2. The van der Waals surface area contributed by atoms with Crippen LogP contribution in [0, 0.1) is 0 Å². The first-order valence-electron chi connectivity index (χ1n) is 18.0. The van der Waals surface area contributed by atoms with E-state index in [9.17, 15) is 13.2 Å². The highest BCUT2D eigenvalue weighted by Crippen LogP contribution is 2.51. The Hall–Kier alpha value is -6.18. The predicted molar refractivity (Wildman–Crippen MR) is 222 cm³/mol. The molecule has 0 saturated heterocycles. The van der Waals surface area contributed by atoms with Crippen LogP contribution in [0.25, 0.3) is 43.1 Å². The van der Waals surface area contributed by atoms with Crippen molar-refractivity contribution >= 4 is 112 Å². The third-order valence-corrected chi connectivity index (χ3v) is 11.8. The van der Waals surface area contributed by atoms with Crippen LogP contribution in [-0.2, 0) is 0 Å². The molecule has 2 aliphatic heterocycles. The molecule has 0 fully saturated rings. The highest BCUT2D eigenvalue weighted by atomic mass is 32.2. The molecule has 2 aliphatic rings. The molecule has 2 heterocycles. The van der Waals surface area contributed by atoms with Gasteiger partial charge in [0.1, 0.15) is 0 Å². The molecule has 0 N–H and O–H groups in total. The number of rotatable bonds is 3. The number of thioether (sulfide) groups is 1. The SMILES string of the molecule is FC(F)(F)Sc1cc2c3c(c1)N(c1cccc4ccccc14)c1c(ccc4ccccc14)B3c1ccc3ccccc3c1N2c1cccc2ccccc12. The van der Waals surface area contributed by atoms with Crippen molar-refractivity contribution in [2.45, 2.75) is 10.4 Å². The van der Waals surface area contributed by atoms with Crippen LogP contribution in [0.3, 0.4) is 0 Å². The third-order valence-electron chi connectivity index (χ3n) is 11.1. The highest BCUT2D eigenvalue weighted by Gasteiger charge is 2.45. The molecular formula is C47H28BF3N2S. The number of benzene rings is 9. The molecule has 0 spiro atoms. The molecule has 7 heteroatoms. The molecule has 0 unspecified atom stereocenters. The van der Waals surface area contributed by atoms with Crippen molar-refractivity contribution in [3.8, 4) is 0 Å². The van der Waals surface area contributed by atoms with Crippen molar-refractivity contribution in [1.29, 1.82) is 0 Å². The molecule has 256 valence electrons. The number of halogens is 3. The topological polar surface area (TPSA) is 6.48 Å². The van der Waals surface area contributed by atoms with Gasteiger partial charge in [-0.25, -0.2) is 0 Å². The lowest BCUT2D eigenvalue weighted by Crippen LogP contribution is -2.61. The van der Waals surface area contributed by atoms with Gasteiger partial charge in [-0.15, -0.1) is 0 Å². The normalized spacial score (nSPS) is 13.4. The standard InChI is InChI=1S/C47H28BF3N2S/c49-47(50,51)54-33-27-42-44-43(28-33)53(41-22-10-16-30-12-2-6-18-35(30)41)46-37-20-8-4-14-32(37)24-26-39(46)48(44)38-25-23-31-13-3-7-19-36(31)45(38)52(42)40-21-9-15-29-11-1-5-17-34(29)40/h1-28H. The molecule has 0 atom stereocenters. The summed E-state index contributed by atoms with van der Waals surface area (Å²) in [5, 5.41) is 8.38. The van der Waals surface area contributed by atoms with Gasteiger partial charge in [-0.1, -0.05) is 146 Å². The van der Waals surface area contributed by atoms with E-state index in [2.05, 4.69) is 107 Å². The summed E-state index contributed by atoms with van der Waals surface area (Å²) in [6, 6.07) is 58.0. The van der Waals surface area contributed by atoms with Crippen LogP contribution in [0.15, 0.2) is 175 Å². The zero-order valence-electron chi connectivity index (χ0n) is 28.7. The monoisotopic (exact) mass is 720 g/mol. The number of anilines is 6. The molecule has 11 rings (SSSR count). The molecule has 0 aliphatic carbocycles. The van der Waals surface area contributed by atoms with Gasteiger partial charge in [-0.2, -0.15) is 13.2 Å². The van der Waals surface area contributed by atoms with Crippen molar-refractivity contribution < 1.29 is 13.2 Å². The van der Waals surface area contributed by atoms with E-state index in [1.165, 1.54) is 0 Å². The Labute approximate surface area is 314 Å². The molecule has 0 aromatic heterocycles. The van der Waals surface area contributed by atoms with Crippen LogP contribution < -0.4 is 26.2 Å². The maximum absolute atomic E-state index is 14.6. The Balaban J connectivity index is 1.34. The van der Waals surface area contributed by atoms with E-state index in [1.54, 1.807) is 12.1 Å². The van der Waals surface area contributed by atoms with Gasteiger partial charge < -0.3 is 9.80 Å². The summed E-state index contributed by atoms with van der Waals surface area (Å²) in [4.78, 5) is 4.62. The first-order valence-corrected chi connectivity index (χ1v) is 18.8. The zero-order valence-corrected chi connectivity index (χ0v) is 29.5. The summed E-state index contributed by atoms with van der Waals surface area (Å²) in [5.74, 6) is 0. The molecule has 0 radical (unpaired) electrons. The van der Waals surface area contributed by atoms with E-state index >= 15 is 0 Å². The molecule has 9 aromatic rings. The minimum Gasteiger partial charge on any atom is -0.310 e. The maximum atomic E-state index is 14.6.